The fourth-order valence-electron chi connectivity index (χ4n) is 11.5. The number of rotatable bonds is 29. The molecule has 0 saturated carbocycles. The van der Waals surface area contributed by atoms with Crippen LogP contribution in [0.3, 0.4) is 0 Å². The monoisotopic (exact) mass is 1220 g/mol. The van der Waals surface area contributed by atoms with Crippen LogP contribution in [-0.4, -0.2) is 12.5 Å². The third kappa shape index (κ3) is 13.9. The summed E-state index contributed by atoms with van der Waals surface area (Å²) in [5.41, 5.74) is 10.5. The van der Waals surface area contributed by atoms with Crippen LogP contribution in [0, 0.1) is 0 Å². The first kappa shape index (κ1) is 58.3. The Morgan fingerprint density at radius 2 is 0.741 bits per heavy atom. The second-order valence-corrected chi connectivity index (χ2v) is 30.3. The summed E-state index contributed by atoms with van der Waals surface area (Å²) in [4.78, 5) is 35.6. The average molecular weight is 1220 g/mol. The highest BCUT2D eigenvalue weighted by atomic mass is 32.1. The Kier molecular flexibility index (Phi) is 20.4. The van der Waals surface area contributed by atoms with Crippen molar-refractivity contribution < 1.29 is 4.79 Å². The number of hydrogen-bond donors (Lipinski definition) is 0. The summed E-state index contributed by atoms with van der Waals surface area (Å²) in [6.45, 7) is 9.89. The van der Waals surface area contributed by atoms with Crippen molar-refractivity contribution >= 4 is 102 Å². The van der Waals surface area contributed by atoms with Gasteiger partial charge in [-0.1, -0.05) is 135 Å². The molecule has 1 aliphatic rings. The predicted octanol–water partition coefficient (Wildman–Crippen LogP) is 25.1. The minimum Gasteiger partial charge on any atom is -0.312 e. The molecule has 10 aromatic rings. The fourth-order valence-corrected chi connectivity index (χ4v) is 20.7. The Hall–Kier alpha value is -4.49. The van der Waals surface area contributed by atoms with Crippen LogP contribution in [0.5, 0.6) is 0 Å². The van der Waals surface area contributed by atoms with E-state index in [1.807, 2.05) is 95.6 Å². The number of aryl methyl sites for hydroxylation is 4. The molecule has 2 nitrogen and oxygen atoms in total. The molecule has 1 saturated heterocycles. The summed E-state index contributed by atoms with van der Waals surface area (Å²) in [6.07, 6.45) is 24.5. The van der Waals surface area contributed by atoms with Crippen LogP contribution in [0.2, 0.25) is 0 Å². The van der Waals surface area contributed by atoms with Crippen molar-refractivity contribution in [2.75, 3.05) is 11.4 Å². The minimum atomic E-state index is -0.137. The van der Waals surface area contributed by atoms with Crippen LogP contribution >= 0.6 is 90.7 Å². The molecule has 8 aromatic heterocycles. The molecule has 420 valence electrons. The van der Waals surface area contributed by atoms with Crippen LogP contribution in [-0.2, 0) is 30.5 Å². The first-order chi connectivity index (χ1) is 39.9. The number of benzene rings is 2. The highest BCUT2D eigenvalue weighted by Crippen LogP contribution is 2.49. The normalized spacial score (nSPS) is 13.7. The van der Waals surface area contributed by atoms with Crippen molar-refractivity contribution in [1.29, 1.82) is 0 Å². The maximum atomic E-state index is 14.3. The standard InChI is InChI=1S/C71H77NOS8/c1-5-9-13-14-15-19-21-52-42-45-75-68(52)62-37-33-58(77-62)60-34-38-63(78-60)69-53(22-17-11-7-3)46-65(80-69)49-26-24-48(25-27-49)56-40-43-72(71(56)73)55-30-28-50(29-31-55)66-47-54(23-18-12-8-4)70(81-66)64-39-35-59(79-64)57-32-36-61(76-57)67-51(41-44-74-67)20-16-10-6-2/h24-39,41-42,44-47,56H,5-23,40,43H2,1-4H3. The zero-order chi connectivity index (χ0) is 55.5. The first-order valence-electron chi connectivity index (χ1n) is 30.2. The molecule has 0 radical (unpaired) electrons. The third-order valence-corrected chi connectivity index (χ3v) is 26.0. The van der Waals surface area contributed by atoms with Gasteiger partial charge in [-0.15, -0.1) is 90.7 Å². The van der Waals surface area contributed by atoms with Gasteiger partial charge in [0.15, 0.2) is 0 Å². The Bertz CT molecular complexity index is 3580. The average Bonchev–Trinajstić information content (AvgIpc) is 4.38. The molecule has 1 fully saturated rings. The lowest BCUT2D eigenvalue weighted by Crippen LogP contribution is -2.26. The van der Waals surface area contributed by atoms with E-state index in [0.29, 0.717) is 0 Å². The Balaban J connectivity index is 0.749. The summed E-state index contributed by atoms with van der Waals surface area (Å²) in [7, 11) is 0. The molecular weight excluding hydrogens is 1140 g/mol. The van der Waals surface area contributed by atoms with E-state index in [9.17, 15) is 4.79 Å². The van der Waals surface area contributed by atoms with E-state index in [-0.39, 0.29) is 11.8 Å². The molecule has 0 aliphatic carbocycles. The maximum Gasteiger partial charge on any atom is 0.234 e. The molecule has 9 heterocycles. The van der Waals surface area contributed by atoms with Gasteiger partial charge in [0.1, 0.15) is 0 Å². The minimum absolute atomic E-state index is 0.137. The van der Waals surface area contributed by atoms with Gasteiger partial charge in [-0.2, -0.15) is 0 Å². The van der Waals surface area contributed by atoms with E-state index in [1.165, 1.54) is 211 Å². The van der Waals surface area contributed by atoms with Crippen LogP contribution in [0.1, 0.15) is 164 Å². The topological polar surface area (TPSA) is 20.3 Å². The van der Waals surface area contributed by atoms with Crippen LogP contribution < -0.4 is 4.90 Å². The van der Waals surface area contributed by atoms with Gasteiger partial charge in [0, 0.05) is 80.5 Å². The number of hydrogen-bond acceptors (Lipinski definition) is 9. The van der Waals surface area contributed by atoms with Crippen molar-refractivity contribution in [1.82, 2.24) is 0 Å². The number of unbranched alkanes of at least 4 members (excludes halogenated alkanes) is 11. The van der Waals surface area contributed by atoms with E-state index in [4.69, 9.17) is 0 Å². The number of anilines is 1. The number of thiophene rings is 8. The molecule has 0 spiro atoms. The molecule has 0 bridgehead atoms. The lowest BCUT2D eigenvalue weighted by molar-refractivity contribution is -0.118. The third-order valence-electron chi connectivity index (χ3n) is 16.1. The molecule has 0 N–H and O–H groups in total. The second-order valence-electron chi connectivity index (χ2n) is 22.0. The molecular formula is C71H77NOS8. The highest BCUT2D eigenvalue weighted by Gasteiger charge is 2.34. The van der Waals surface area contributed by atoms with E-state index >= 15 is 0 Å². The number of carbonyl (C=O) groups is 1. The lowest BCUT2D eigenvalue weighted by Gasteiger charge is -2.17. The van der Waals surface area contributed by atoms with E-state index in [2.05, 4.69) is 160 Å². The molecule has 1 atom stereocenters. The summed E-state index contributed by atoms with van der Waals surface area (Å²) >= 11 is 15.4. The molecule has 10 heteroatoms. The van der Waals surface area contributed by atoms with Crippen molar-refractivity contribution in [3.63, 3.8) is 0 Å². The SMILES string of the molecule is CCCCCCCCc1ccsc1-c1ccc(-c2ccc(-c3sc(-c4ccc(C5CCN(c6ccc(-c7cc(CCCCC)c(-c8ccc(-c9ccc(-c%10sccc%10CCCCC)s9)s8)s7)cc6)C5=O)cc4)cc3CCCCC)s2)s1. The quantitative estimate of drug-likeness (QED) is 0.0428. The van der Waals surface area contributed by atoms with Gasteiger partial charge in [0.25, 0.3) is 0 Å². The summed E-state index contributed by atoms with van der Waals surface area (Å²) in [5, 5.41) is 4.56. The van der Waals surface area contributed by atoms with Gasteiger partial charge in [-0.05, 0) is 192 Å². The number of nitrogens with zero attached hydrogens (tertiary/aromatic N) is 1. The summed E-state index contributed by atoms with van der Waals surface area (Å²) < 4.78 is 0. The van der Waals surface area contributed by atoms with Gasteiger partial charge < -0.3 is 4.90 Å². The maximum absolute atomic E-state index is 14.3. The first-order valence-corrected chi connectivity index (χ1v) is 36.9. The largest absolute Gasteiger partial charge is 0.312 e. The number of amides is 1. The Labute approximate surface area is 515 Å². The van der Waals surface area contributed by atoms with Gasteiger partial charge in [0.05, 0.1) is 5.92 Å². The van der Waals surface area contributed by atoms with Crippen LogP contribution in [0.25, 0.3) is 79.4 Å². The van der Waals surface area contributed by atoms with Crippen LogP contribution in [0.15, 0.2) is 132 Å². The van der Waals surface area contributed by atoms with Gasteiger partial charge in [-0.3, -0.25) is 4.79 Å². The number of carbonyl (C=O) groups excluding carboxylic acids is 1. The van der Waals surface area contributed by atoms with Gasteiger partial charge in [-0.25, -0.2) is 0 Å². The molecule has 1 aliphatic heterocycles. The van der Waals surface area contributed by atoms with Crippen molar-refractivity contribution in [2.24, 2.45) is 0 Å². The zero-order valence-corrected chi connectivity index (χ0v) is 54.3. The molecule has 2 aromatic carbocycles. The summed E-state index contributed by atoms with van der Waals surface area (Å²) in [6, 6.07) is 46.2. The van der Waals surface area contributed by atoms with Crippen molar-refractivity contribution in [3.8, 4) is 79.4 Å². The predicted molar refractivity (Wildman–Crippen MR) is 366 cm³/mol. The molecule has 11 rings (SSSR count). The van der Waals surface area contributed by atoms with E-state index in [1.54, 1.807) is 0 Å². The van der Waals surface area contributed by atoms with E-state index in [0.717, 1.165) is 37.1 Å². The van der Waals surface area contributed by atoms with E-state index < -0.39 is 0 Å². The Morgan fingerprint density at radius 3 is 1.20 bits per heavy atom. The summed E-state index contributed by atoms with van der Waals surface area (Å²) in [5.74, 6) is 0.0650. The highest BCUT2D eigenvalue weighted by molar-refractivity contribution is 7.30. The fraction of sp³-hybridized carbons (Fsp3) is 0.366. The molecule has 1 unspecified atom stereocenters. The zero-order valence-electron chi connectivity index (χ0n) is 47.7. The lowest BCUT2D eigenvalue weighted by atomic mass is 9.96. The smallest absolute Gasteiger partial charge is 0.234 e. The van der Waals surface area contributed by atoms with Crippen molar-refractivity contribution in [2.45, 2.75) is 162 Å². The van der Waals surface area contributed by atoms with Gasteiger partial charge in [0.2, 0.25) is 5.91 Å². The van der Waals surface area contributed by atoms with Crippen LogP contribution in [0.4, 0.5) is 5.69 Å². The molecule has 1 amide bonds. The van der Waals surface area contributed by atoms with Crippen molar-refractivity contribution in [3.05, 3.63) is 160 Å². The second kappa shape index (κ2) is 28.4. The van der Waals surface area contributed by atoms with Gasteiger partial charge >= 0.3 is 0 Å². The molecule has 81 heavy (non-hydrogen) atoms. The Morgan fingerprint density at radius 1 is 0.370 bits per heavy atom.